The third-order valence-corrected chi connectivity index (χ3v) is 1.21. The van der Waals surface area contributed by atoms with Gasteiger partial charge in [-0.15, -0.1) is 12.4 Å². The predicted molar refractivity (Wildman–Crippen MR) is 43.0 cm³/mol. The fourth-order valence-electron chi connectivity index (χ4n) is 0.553. The number of rotatable bonds is 1. The molecule has 0 radical (unpaired) electrons. The number of aromatic nitrogens is 1. The van der Waals surface area contributed by atoms with Crippen molar-refractivity contribution in [1.29, 1.82) is 0 Å². The molecular weight excluding hydrogens is 192 g/mol. The molecule has 1 aromatic rings. The SMILES string of the molecule is COc1cc(Cl)ncc1F.Cl. The second-order valence-electron chi connectivity index (χ2n) is 1.64. The molecule has 0 unspecified atom stereocenters. The summed E-state index contributed by atoms with van der Waals surface area (Å²) in [6.45, 7) is 0. The Morgan fingerprint density at radius 1 is 1.64 bits per heavy atom. The predicted octanol–water partition coefficient (Wildman–Crippen LogP) is 2.30. The maximum atomic E-state index is 12.5. The van der Waals surface area contributed by atoms with Crippen LogP contribution in [0.25, 0.3) is 0 Å². The van der Waals surface area contributed by atoms with Crippen molar-refractivity contribution >= 4 is 24.0 Å². The van der Waals surface area contributed by atoms with E-state index in [2.05, 4.69) is 9.72 Å². The van der Waals surface area contributed by atoms with Gasteiger partial charge >= 0.3 is 0 Å². The van der Waals surface area contributed by atoms with Crippen molar-refractivity contribution in [3.63, 3.8) is 0 Å². The van der Waals surface area contributed by atoms with Gasteiger partial charge in [0, 0.05) is 6.07 Å². The minimum absolute atomic E-state index is 0. The minimum atomic E-state index is -0.507. The summed E-state index contributed by atoms with van der Waals surface area (Å²) in [5.41, 5.74) is 0. The molecule has 1 rings (SSSR count). The zero-order chi connectivity index (χ0) is 7.56. The lowest BCUT2D eigenvalue weighted by atomic mass is 10.4. The van der Waals surface area contributed by atoms with E-state index in [1.54, 1.807) is 0 Å². The summed E-state index contributed by atoms with van der Waals surface area (Å²) in [7, 11) is 1.37. The topological polar surface area (TPSA) is 22.1 Å². The Kier molecular flexibility index (Phi) is 4.15. The molecule has 1 aromatic heterocycles. The Hall–Kier alpha value is -0.540. The summed E-state index contributed by atoms with van der Waals surface area (Å²) < 4.78 is 17.2. The molecule has 0 N–H and O–H groups in total. The number of pyridine rings is 1. The van der Waals surface area contributed by atoms with Crippen LogP contribution in [0.15, 0.2) is 12.3 Å². The zero-order valence-electron chi connectivity index (χ0n) is 5.67. The van der Waals surface area contributed by atoms with Crippen LogP contribution in [0.3, 0.4) is 0 Å². The number of hydrogen-bond donors (Lipinski definition) is 0. The monoisotopic (exact) mass is 197 g/mol. The van der Waals surface area contributed by atoms with Gasteiger partial charge in [0.2, 0.25) is 0 Å². The summed E-state index contributed by atoms with van der Waals surface area (Å²) >= 11 is 5.44. The van der Waals surface area contributed by atoms with E-state index in [0.717, 1.165) is 6.20 Å². The number of ether oxygens (including phenoxy) is 1. The third-order valence-electron chi connectivity index (χ3n) is 1.01. The zero-order valence-corrected chi connectivity index (χ0v) is 7.25. The van der Waals surface area contributed by atoms with Gasteiger partial charge in [0.1, 0.15) is 5.15 Å². The highest BCUT2D eigenvalue weighted by Crippen LogP contribution is 2.18. The van der Waals surface area contributed by atoms with Crippen molar-refractivity contribution in [2.24, 2.45) is 0 Å². The number of hydrogen-bond acceptors (Lipinski definition) is 2. The standard InChI is InChI=1S/C6H5ClFNO.ClH/c1-10-5-2-6(7)9-3-4(5)8;/h2-3H,1H3;1H. The molecule has 5 heteroatoms. The second-order valence-corrected chi connectivity index (χ2v) is 2.03. The average molecular weight is 198 g/mol. The van der Waals surface area contributed by atoms with Gasteiger partial charge in [0.05, 0.1) is 13.3 Å². The smallest absolute Gasteiger partial charge is 0.183 e. The first-order valence-corrected chi connectivity index (χ1v) is 2.97. The Labute approximate surface area is 74.8 Å². The number of halogens is 3. The highest BCUT2D eigenvalue weighted by Gasteiger charge is 2.01. The van der Waals surface area contributed by atoms with Crippen molar-refractivity contribution in [2.45, 2.75) is 0 Å². The van der Waals surface area contributed by atoms with Crippen molar-refractivity contribution < 1.29 is 9.13 Å². The van der Waals surface area contributed by atoms with Gasteiger partial charge in [-0.3, -0.25) is 0 Å². The van der Waals surface area contributed by atoms with Crippen molar-refractivity contribution in [3.05, 3.63) is 23.2 Å². The van der Waals surface area contributed by atoms with Gasteiger partial charge in [0.15, 0.2) is 11.6 Å². The largest absolute Gasteiger partial charge is 0.494 e. The van der Waals surface area contributed by atoms with E-state index in [-0.39, 0.29) is 23.3 Å². The van der Waals surface area contributed by atoms with Crippen LogP contribution < -0.4 is 4.74 Å². The van der Waals surface area contributed by atoms with E-state index in [9.17, 15) is 4.39 Å². The molecule has 0 aliphatic heterocycles. The molecule has 0 saturated heterocycles. The Morgan fingerprint density at radius 3 is 2.73 bits per heavy atom. The molecule has 0 bridgehead atoms. The number of nitrogens with zero attached hydrogens (tertiary/aromatic N) is 1. The third kappa shape index (κ3) is 2.52. The quantitative estimate of drug-likeness (QED) is 0.646. The second kappa shape index (κ2) is 4.36. The van der Waals surface area contributed by atoms with E-state index in [0.29, 0.717) is 0 Å². The molecule has 11 heavy (non-hydrogen) atoms. The Morgan fingerprint density at radius 2 is 2.27 bits per heavy atom. The van der Waals surface area contributed by atoms with Crippen LogP contribution in [0, 0.1) is 5.82 Å². The molecular formula is C6H6Cl2FNO. The summed E-state index contributed by atoms with van der Waals surface area (Å²) in [5, 5.41) is 0.221. The Balaban J connectivity index is 0.000001000. The fraction of sp³-hybridized carbons (Fsp3) is 0.167. The van der Waals surface area contributed by atoms with Gasteiger partial charge in [-0.1, -0.05) is 11.6 Å². The van der Waals surface area contributed by atoms with Crippen LogP contribution >= 0.6 is 24.0 Å². The maximum absolute atomic E-state index is 12.5. The van der Waals surface area contributed by atoms with Gasteiger partial charge in [-0.2, -0.15) is 0 Å². The van der Waals surface area contributed by atoms with Crippen LogP contribution in [-0.4, -0.2) is 12.1 Å². The van der Waals surface area contributed by atoms with Crippen LogP contribution in [0.1, 0.15) is 0 Å². The molecule has 0 amide bonds. The maximum Gasteiger partial charge on any atom is 0.183 e. The van der Waals surface area contributed by atoms with E-state index in [1.165, 1.54) is 13.2 Å². The molecule has 0 aliphatic carbocycles. The van der Waals surface area contributed by atoms with Crippen molar-refractivity contribution in [2.75, 3.05) is 7.11 Å². The van der Waals surface area contributed by atoms with Crippen molar-refractivity contribution in [1.82, 2.24) is 4.98 Å². The van der Waals surface area contributed by atoms with Gasteiger partial charge in [-0.05, 0) is 0 Å². The van der Waals surface area contributed by atoms with E-state index >= 15 is 0 Å². The molecule has 0 fully saturated rings. The van der Waals surface area contributed by atoms with Gasteiger partial charge in [0.25, 0.3) is 0 Å². The summed E-state index contributed by atoms with van der Waals surface area (Å²) in [6.07, 6.45) is 1.02. The van der Waals surface area contributed by atoms with E-state index in [4.69, 9.17) is 11.6 Å². The van der Waals surface area contributed by atoms with Gasteiger partial charge < -0.3 is 4.74 Å². The summed E-state index contributed by atoms with van der Waals surface area (Å²) in [5.74, 6) is -0.396. The molecule has 0 spiro atoms. The van der Waals surface area contributed by atoms with Crippen LogP contribution in [0.5, 0.6) is 5.75 Å². The van der Waals surface area contributed by atoms with E-state index in [1.807, 2.05) is 0 Å². The molecule has 0 saturated carbocycles. The normalized spacial score (nSPS) is 8.64. The summed E-state index contributed by atoms with van der Waals surface area (Å²) in [4.78, 5) is 3.50. The molecule has 0 aromatic carbocycles. The molecule has 0 aliphatic rings. The van der Waals surface area contributed by atoms with Crippen LogP contribution in [-0.2, 0) is 0 Å². The number of methoxy groups -OCH3 is 1. The molecule has 1 heterocycles. The first-order chi connectivity index (χ1) is 4.74. The Bertz CT molecular complexity index is 244. The highest BCUT2D eigenvalue weighted by molar-refractivity contribution is 6.29. The first kappa shape index (κ1) is 10.5. The van der Waals surface area contributed by atoms with Crippen LogP contribution in [0.4, 0.5) is 4.39 Å². The first-order valence-electron chi connectivity index (χ1n) is 2.59. The van der Waals surface area contributed by atoms with Crippen LogP contribution in [0.2, 0.25) is 5.15 Å². The fourth-order valence-corrected chi connectivity index (χ4v) is 0.701. The van der Waals surface area contributed by atoms with Crippen molar-refractivity contribution in [3.8, 4) is 5.75 Å². The average Bonchev–Trinajstić information content (AvgIpc) is 1.94. The van der Waals surface area contributed by atoms with E-state index < -0.39 is 5.82 Å². The molecule has 2 nitrogen and oxygen atoms in total. The highest BCUT2D eigenvalue weighted by atomic mass is 35.5. The lowest BCUT2D eigenvalue weighted by molar-refractivity contribution is 0.385. The lowest BCUT2D eigenvalue weighted by Crippen LogP contribution is -1.88. The molecule has 0 atom stereocenters. The lowest BCUT2D eigenvalue weighted by Gasteiger charge is -1.99. The minimum Gasteiger partial charge on any atom is -0.494 e. The summed E-state index contributed by atoms with van der Waals surface area (Å²) in [6, 6.07) is 1.32. The van der Waals surface area contributed by atoms with Gasteiger partial charge in [-0.25, -0.2) is 9.37 Å². The molecule has 62 valence electrons.